The highest BCUT2D eigenvalue weighted by atomic mass is 19.4. The van der Waals surface area contributed by atoms with Gasteiger partial charge >= 0.3 is 12.4 Å². The van der Waals surface area contributed by atoms with Crippen LogP contribution in [0.5, 0.6) is 0 Å². The Hall–Kier alpha value is -3.22. The van der Waals surface area contributed by atoms with E-state index in [1.54, 1.807) is 18.2 Å². The second-order valence-electron chi connectivity index (χ2n) is 7.19. The Morgan fingerprint density at radius 1 is 0.452 bits per heavy atom. The van der Waals surface area contributed by atoms with Crippen molar-refractivity contribution >= 4 is 24.1 Å². The van der Waals surface area contributed by atoms with Crippen LogP contribution in [0.4, 0.5) is 26.3 Å². The van der Waals surface area contributed by atoms with E-state index in [2.05, 4.69) is 0 Å². The SMILES string of the molecule is [B]c1ccc2cc(-c3ccc(-c4cc(C(F)(F)F)cc(C(F)(F)F)c4)cc3)ccc2c1. The molecule has 0 heterocycles. The highest BCUT2D eigenvalue weighted by molar-refractivity contribution is 6.33. The van der Waals surface area contributed by atoms with Gasteiger partial charge in [-0.15, -0.1) is 0 Å². The average molecular weight is 426 g/mol. The molecule has 0 spiro atoms. The molecule has 0 aromatic heterocycles. The molecule has 154 valence electrons. The van der Waals surface area contributed by atoms with Gasteiger partial charge in [-0.05, 0) is 57.3 Å². The van der Waals surface area contributed by atoms with Crippen LogP contribution < -0.4 is 5.46 Å². The molecule has 4 aromatic carbocycles. The molecule has 31 heavy (non-hydrogen) atoms. The molecular formula is C24H13BF6. The summed E-state index contributed by atoms with van der Waals surface area (Å²) < 4.78 is 78.7. The molecule has 0 atom stereocenters. The Morgan fingerprint density at radius 3 is 1.45 bits per heavy atom. The highest BCUT2D eigenvalue weighted by Crippen LogP contribution is 2.39. The van der Waals surface area contributed by atoms with E-state index < -0.39 is 23.5 Å². The van der Waals surface area contributed by atoms with Gasteiger partial charge in [-0.2, -0.15) is 26.3 Å². The molecule has 0 N–H and O–H groups in total. The van der Waals surface area contributed by atoms with E-state index in [1.807, 2.05) is 30.3 Å². The highest BCUT2D eigenvalue weighted by Gasteiger charge is 2.37. The normalized spacial score (nSPS) is 12.3. The summed E-state index contributed by atoms with van der Waals surface area (Å²) in [5.41, 5.74) is -0.278. The fraction of sp³-hybridized carbons (Fsp3) is 0.0833. The summed E-state index contributed by atoms with van der Waals surface area (Å²) in [7, 11) is 5.78. The number of hydrogen-bond acceptors (Lipinski definition) is 0. The van der Waals surface area contributed by atoms with Gasteiger partial charge in [-0.25, -0.2) is 0 Å². The van der Waals surface area contributed by atoms with Crippen molar-refractivity contribution in [1.29, 1.82) is 0 Å². The molecule has 0 aliphatic carbocycles. The fourth-order valence-corrected chi connectivity index (χ4v) is 3.42. The Morgan fingerprint density at radius 2 is 0.903 bits per heavy atom. The van der Waals surface area contributed by atoms with Crippen molar-refractivity contribution in [2.75, 3.05) is 0 Å². The van der Waals surface area contributed by atoms with Gasteiger partial charge in [0.05, 0.1) is 11.1 Å². The maximum absolute atomic E-state index is 13.1. The summed E-state index contributed by atoms with van der Waals surface area (Å²) in [6.07, 6.45) is -9.77. The van der Waals surface area contributed by atoms with Crippen molar-refractivity contribution in [3.05, 3.63) is 90.0 Å². The molecule has 7 heteroatoms. The summed E-state index contributed by atoms with van der Waals surface area (Å²) >= 11 is 0. The third-order valence-electron chi connectivity index (χ3n) is 5.00. The minimum absolute atomic E-state index is 0.125. The fourth-order valence-electron chi connectivity index (χ4n) is 3.42. The summed E-state index contributed by atoms with van der Waals surface area (Å²) in [4.78, 5) is 0. The van der Waals surface area contributed by atoms with Crippen molar-refractivity contribution in [1.82, 2.24) is 0 Å². The first-order valence-electron chi connectivity index (χ1n) is 9.20. The number of alkyl halides is 6. The molecule has 0 nitrogen and oxygen atoms in total. The summed E-state index contributed by atoms with van der Waals surface area (Å²) in [5.74, 6) is 0. The lowest BCUT2D eigenvalue weighted by Gasteiger charge is -2.14. The molecule has 4 rings (SSSR count). The van der Waals surface area contributed by atoms with Crippen LogP contribution in [0.15, 0.2) is 78.9 Å². The van der Waals surface area contributed by atoms with Crippen molar-refractivity contribution in [2.45, 2.75) is 12.4 Å². The first kappa shape index (κ1) is 21.0. The first-order chi connectivity index (χ1) is 14.5. The zero-order chi connectivity index (χ0) is 22.4. The number of hydrogen-bond donors (Lipinski definition) is 0. The summed E-state index contributed by atoms with van der Waals surface area (Å²) in [6.45, 7) is 0. The van der Waals surface area contributed by atoms with E-state index in [9.17, 15) is 26.3 Å². The van der Waals surface area contributed by atoms with Crippen LogP contribution in [0.1, 0.15) is 11.1 Å². The second kappa shape index (κ2) is 7.48. The number of rotatable bonds is 2. The Bertz CT molecular complexity index is 1220. The second-order valence-corrected chi connectivity index (χ2v) is 7.19. The van der Waals surface area contributed by atoms with Crippen LogP contribution in [0.3, 0.4) is 0 Å². The van der Waals surface area contributed by atoms with Crippen molar-refractivity contribution < 1.29 is 26.3 Å². The van der Waals surface area contributed by atoms with Crippen LogP contribution in [-0.2, 0) is 12.4 Å². The largest absolute Gasteiger partial charge is 0.416 e. The van der Waals surface area contributed by atoms with Crippen LogP contribution in [0, 0.1) is 0 Å². The van der Waals surface area contributed by atoms with Gasteiger partial charge in [-0.1, -0.05) is 60.1 Å². The van der Waals surface area contributed by atoms with E-state index in [4.69, 9.17) is 7.85 Å². The lowest BCUT2D eigenvalue weighted by Crippen LogP contribution is -2.11. The predicted molar refractivity (Wildman–Crippen MR) is 110 cm³/mol. The van der Waals surface area contributed by atoms with Gasteiger partial charge in [0.2, 0.25) is 0 Å². The molecule has 0 fully saturated rings. The van der Waals surface area contributed by atoms with E-state index in [-0.39, 0.29) is 17.2 Å². The van der Waals surface area contributed by atoms with E-state index in [1.165, 1.54) is 12.1 Å². The average Bonchev–Trinajstić information content (AvgIpc) is 2.72. The molecule has 2 radical (unpaired) electrons. The maximum Gasteiger partial charge on any atom is 0.416 e. The molecule has 0 saturated heterocycles. The van der Waals surface area contributed by atoms with E-state index >= 15 is 0 Å². The number of halogens is 6. The third kappa shape index (κ3) is 4.45. The molecule has 0 bridgehead atoms. The van der Waals surface area contributed by atoms with Crippen molar-refractivity contribution in [3.8, 4) is 22.3 Å². The topological polar surface area (TPSA) is 0 Å². The molecule has 0 aliphatic heterocycles. The standard InChI is InChI=1S/C24H13BF6/c25-22-8-7-17-9-16(5-6-18(17)12-22)14-1-3-15(4-2-14)19-10-20(23(26,27)28)13-21(11-19)24(29,30)31/h1-13H. The molecule has 4 aromatic rings. The van der Waals surface area contributed by atoms with E-state index in [0.29, 0.717) is 5.46 Å². The van der Waals surface area contributed by atoms with Gasteiger partial charge in [-0.3, -0.25) is 0 Å². The molecule has 0 amide bonds. The Kier molecular flexibility index (Phi) is 5.08. The predicted octanol–water partition coefficient (Wildman–Crippen LogP) is 7.01. The first-order valence-corrected chi connectivity index (χ1v) is 9.20. The van der Waals surface area contributed by atoms with Crippen LogP contribution >= 0.6 is 0 Å². The van der Waals surface area contributed by atoms with Gasteiger partial charge < -0.3 is 0 Å². The number of fused-ring (bicyclic) bond motifs is 1. The van der Waals surface area contributed by atoms with Crippen molar-refractivity contribution in [3.63, 3.8) is 0 Å². The smallest absolute Gasteiger partial charge is 0.166 e. The Labute approximate surface area is 175 Å². The summed E-state index contributed by atoms with van der Waals surface area (Å²) in [5, 5.41) is 1.92. The lowest BCUT2D eigenvalue weighted by atomic mass is 9.92. The number of benzene rings is 4. The van der Waals surface area contributed by atoms with Gasteiger partial charge in [0.1, 0.15) is 7.85 Å². The van der Waals surface area contributed by atoms with Gasteiger partial charge in [0.25, 0.3) is 0 Å². The van der Waals surface area contributed by atoms with Crippen LogP contribution in [-0.4, -0.2) is 7.85 Å². The molecule has 0 unspecified atom stereocenters. The third-order valence-corrected chi connectivity index (χ3v) is 5.00. The van der Waals surface area contributed by atoms with Crippen LogP contribution in [0.25, 0.3) is 33.0 Å². The zero-order valence-electron chi connectivity index (χ0n) is 15.9. The Balaban J connectivity index is 1.73. The van der Waals surface area contributed by atoms with Gasteiger partial charge in [0, 0.05) is 0 Å². The van der Waals surface area contributed by atoms with Crippen LogP contribution in [0.2, 0.25) is 0 Å². The van der Waals surface area contributed by atoms with Gasteiger partial charge in [0.15, 0.2) is 0 Å². The monoisotopic (exact) mass is 426 g/mol. The molecule has 0 saturated carbocycles. The minimum atomic E-state index is -4.88. The lowest BCUT2D eigenvalue weighted by molar-refractivity contribution is -0.143. The van der Waals surface area contributed by atoms with Crippen molar-refractivity contribution in [2.24, 2.45) is 0 Å². The minimum Gasteiger partial charge on any atom is -0.166 e. The maximum atomic E-state index is 13.1. The zero-order valence-corrected chi connectivity index (χ0v) is 15.9. The quantitative estimate of drug-likeness (QED) is 0.239. The molecule has 0 aliphatic rings. The molecular weight excluding hydrogens is 413 g/mol. The van der Waals surface area contributed by atoms with E-state index in [0.717, 1.165) is 34.0 Å². The summed E-state index contributed by atoms with van der Waals surface area (Å²) in [6, 6.07) is 19.2.